The topological polar surface area (TPSA) is 42.5 Å². The monoisotopic (exact) mass is 324 g/mol. The summed E-state index contributed by atoms with van der Waals surface area (Å²) in [6.07, 6.45) is 4.55. The minimum absolute atomic E-state index is 0.929. The molecular formula is C21H16N4. The number of nitrogens with zero attached hydrogens (tertiary/aromatic N) is 4. The minimum Gasteiger partial charge on any atom is -0.247 e. The molecule has 0 aliphatic carbocycles. The largest absolute Gasteiger partial charge is 0.247 e. The summed E-state index contributed by atoms with van der Waals surface area (Å²) in [4.78, 5) is 9.64. The van der Waals surface area contributed by atoms with Crippen LogP contribution in [0.2, 0.25) is 0 Å². The number of hydrogen-bond donors (Lipinski definition) is 0. The van der Waals surface area contributed by atoms with E-state index in [0.717, 1.165) is 40.2 Å². The highest BCUT2D eigenvalue weighted by Gasteiger charge is 2.23. The van der Waals surface area contributed by atoms with Gasteiger partial charge in [0.15, 0.2) is 0 Å². The molecule has 1 aliphatic rings. The molecule has 0 bridgehead atoms. The van der Waals surface area contributed by atoms with Gasteiger partial charge in [0, 0.05) is 22.9 Å². The third-order valence-corrected chi connectivity index (χ3v) is 4.75. The first-order chi connectivity index (χ1) is 12.4. The summed E-state index contributed by atoms with van der Waals surface area (Å²) >= 11 is 0. The van der Waals surface area contributed by atoms with Crippen LogP contribution in [-0.4, -0.2) is 20.3 Å². The van der Waals surface area contributed by atoms with Crippen molar-refractivity contribution in [3.63, 3.8) is 0 Å². The second kappa shape index (κ2) is 5.38. The van der Waals surface area contributed by atoms with Crippen LogP contribution >= 0.6 is 0 Å². The van der Waals surface area contributed by atoms with Gasteiger partial charge >= 0.3 is 0 Å². The van der Waals surface area contributed by atoms with Crippen molar-refractivity contribution in [3.05, 3.63) is 83.8 Å². The molecule has 5 rings (SSSR count). The molecule has 0 spiro atoms. The van der Waals surface area contributed by atoms with E-state index in [0.29, 0.717) is 0 Å². The standard InChI is InChI=1S/C21H16N4/c1-2-14-7-3-4-8-15(14)19-17-11-12-25-21(17)20(22-13-23-25)16-9-5-6-10-18(16)24-19/h3-13H,2H2,1H3. The van der Waals surface area contributed by atoms with E-state index in [1.54, 1.807) is 6.33 Å². The molecule has 4 nitrogen and oxygen atoms in total. The van der Waals surface area contributed by atoms with Gasteiger partial charge in [0.2, 0.25) is 0 Å². The van der Waals surface area contributed by atoms with Crippen LogP contribution in [0.15, 0.2) is 72.1 Å². The van der Waals surface area contributed by atoms with E-state index in [1.165, 1.54) is 11.1 Å². The van der Waals surface area contributed by atoms with Crippen LogP contribution in [0.3, 0.4) is 0 Å². The van der Waals surface area contributed by atoms with Crippen LogP contribution in [-0.2, 0) is 6.42 Å². The Morgan fingerprint density at radius 2 is 1.68 bits per heavy atom. The minimum atomic E-state index is 0.929. The lowest BCUT2D eigenvalue weighted by Gasteiger charge is -2.10. The summed E-state index contributed by atoms with van der Waals surface area (Å²) in [5.41, 5.74) is 8.45. The Morgan fingerprint density at radius 1 is 0.880 bits per heavy atom. The third kappa shape index (κ3) is 2.04. The van der Waals surface area contributed by atoms with Crippen molar-refractivity contribution in [3.8, 4) is 11.3 Å². The molecule has 0 amide bonds. The lowest BCUT2D eigenvalue weighted by Crippen LogP contribution is -2.06. The molecule has 4 aromatic rings. The van der Waals surface area contributed by atoms with E-state index >= 15 is 0 Å². The summed E-state index contributed by atoms with van der Waals surface area (Å²) in [6.45, 7) is 2.18. The zero-order valence-electron chi connectivity index (χ0n) is 13.8. The van der Waals surface area contributed by atoms with Gasteiger partial charge in [0.25, 0.3) is 0 Å². The molecule has 3 heterocycles. The van der Waals surface area contributed by atoms with Crippen LogP contribution in [0.4, 0.5) is 5.69 Å². The van der Waals surface area contributed by atoms with Crippen LogP contribution in [0.5, 0.6) is 0 Å². The summed E-state index contributed by atoms with van der Waals surface area (Å²) in [5, 5.41) is 4.38. The van der Waals surface area contributed by atoms with Crippen molar-refractivity contribution in [2.24, 2.45) is 4.99 Å². The van der Waals surface area contributed by atoms with Gasteiger partial charge in [-0.2, -0.15) is 5.10 Å². The fourth-order valence-electron chi connectivity index (χ4n) is 3.56. The molecule has 2 aromatic heterocycles. The summed E-state index contributed by atoms with van der Waals surface area (Å²) < 4.78 is 1.89. The van der Waals surface area contributed by atoms with Crippen molar-refractivity contribution in [2.45, 2.75) is 13.3 Å². The summed E-state index contributed by atoms with van der Waals surface area (Å²) in [7, 11) is 0. The van der Waals surface area contributed by atoms with Crippen LogP contribution in [0.1, 0.15) is 23.6 Å². The maximum absolute atomic E-state index is 5.07. The van der Waals surface area contributed by atoms with Gasteiger partial charge in [-0.15, -0.1) is 0 Å². The number of aryl methyl sites for hydroxylation is 1. The number of aromatic nitrogens is 3. The smallest absolute Gasteiger partial charge is 0.137 e. The van der Waals surface area contributed by atoms with Crippen molar-refractivity contribution in [2.75, 3.05) is 0 Å². The molecule has 0 N–H and O–H groups in total. The van der Waals surface area contributed by atoms with Gasteiger partial charge < -0.3 is 0 Å². The quantitative estimate of drug-likeness (QED) is 0.482. The highest BCUT2D eigenvalue weighted by molar-refractivity contribution is 6.21. The highest BCUT2D eigenvalue weighted by Crippen LogP contribution is 2.37. The molecule has 0 saturated heterocycles. The highest BCUT2D eigenvalue weighted by atomic mass is 15.2. The first-order valence-electron chi connectivity index (χ1n) is 8.46. The fourth-order valence-corrected chi connectivity index (χ4v) is 3.56. The van der Waals surface area contributed by atoms with Gasteiger partial charge in [0.05, 0.1) is 11.4 Å². The number of benzene rings is 2. The van der Waals surface area contributed by atoms with Gasteiger partial charge in [-0.1, -0.05) is 49.4 Å². The number of rotatable bonds is 2. The van der Waals surface area contributed by atoms with Crippen LogP contribution in [0, 0.1) is 0 Å². The molecule has 120 valence electrons. The molecule has 0 saturated carbocycles. The maximum atomic E-state index is 5.07. The van der Waals surface area contributed by atoms with Crippen molar-refractivity contribution in [1.82, 2.24) is 14.6 Å². The Balaban J connectivity index is 1.93. The second-order valence-corrected chi connectivity index (χ2v) is 6.12. The van der Waals surface area contributed by atoms with E-state index in [4.69, 9.17) is 4.99 Å². The molecule has 25 heavy (non-hydrogen) atoms. The Bertz CT molecular complexity index is 1140. The molecule has 4 heteroatoms. The lowest BCUT2D eigenvalue weighted by atomic mass is 9.96. The zero-order valence-corrected chi connectivity index (χ0v) is 13.8. The number of para-hydroxylation sites is 1. The Morgan fingerprint density at radius 3 is 2.56 bits per heavy atom. The van der Waals surface area contributed by atoms with Gasteiger partial charge in [0.1, 0.15) is 17.5 Å². The number of aliphatic imine (C=N–C) groups is 1. The predicted octanol–water partition coefficient (Wildman–Crippen LogP) is 4.44. The molecular weight excluding hydrogens is 308 g/mol. The summed E-state index contributed by atoms with van der Waals surface area (Å²) in [6, 6.07) is 18.7. The average Bonchev–Trinajstić information content (AvgIpc) is 3.04. The van der Waals surface area contributed by atoms with E-state index in [9.17, 15) is 0 Å². The Labute approximate surface area is 145 Å². The maximum Gasteiger partial charge on any atom is 0.137 e. The van der Waals surface area contributed by atoms with Crippen LogP contribution in [0.25, 0.3) is 16.8 Å². The van der Waals surface area contributed by atoms with Crippen molar-refractivity contribution < 1.29 is 0 Å². The second-order valence-electron chi connectivity index (χ2n) is 6.12. The Kier molecular flexibility index (Phi) is 3.04. The van der Waals surface area contributed by atoms with Gasteiger partial charge in [-0.25, -0.2) is 14.5 Å². The lowest BCUT2D eigenvalue weighted by molar-refractivity contribution is 0.906. The molecule has 0 unspecified atom stereocenters. The predicted molar refractivity (Wildman–Crippen MR) is 99.5 cm³/mol. The van der Waals surface area contributed by atoms with E-state index < -0.39 is 0 Å². The van der Waals surface area contributed by atoms with Gasteiger partial charge in [-0.05, 0) is 24.1 Å². The number of hydrogen-bond acceptors (Lipinski definition) is 3. The van der Waals surface area contributed by atoms with Crippen molar-refractivity contribution in [1.29, 1.82) is 0 Å². The van der Waals surface area contributed by atoms with Crippen molar-refractivity contribution >= 4 is 16.9 Å². The number of fused-ring (bicyclic) bond motifs is 2. The first-order valence-corrected chi connectivity index (χ1v) is 8.46. The molecule has 0 fully saturated rings. The molecule has 2 aromatic carbocycles. The fraction of sp³-hybridized carbons (Fsp3) is 0.0952. The molecule has 0 atom stereocenters. The van der Waals surface area contributed by atoms with Gasteiger partial charge in [-0.3, -0.25) is 0 Å². The van der Waals surface area contributed by atoms with E-state index in [2.05, 4.69) is 53.4 Å². The average molecular weight is 324 g/mol. The molecule has 0 radical (unpaired) electrons. The van der Waals surface area contributed by atoms with E-state index in [-0.39, 0.29) is 0 Å². The normalized spacial score (nSPS) is 12.6. The SMILES string of the molecule is CCc1ccccc1C1=Nc2ccccc2-c2ncnn3ccc1c23. The third-order valence-electron chi connectivity index (χ3n) is 4.75. The molecule has 1 aliphatic heterocycles. The Hall–Kier alpha value is -3.27. The summed E-state index contributed by atoms with van der Waals surface area (Å²) in [5.74, 6) is 0. The zero-order chi connectivity index (χ0) is 16.8. The van der Waals surface area contributed by atoms with E-state index in [1.807, 2.05) is 28.9 Å². The van der Waals surface area contributed by atoms with Crippen LogP contribution < -0.4 is 0 Å². The first kappa shape index (κ1) is 14.1.